The number of aromatic nitrogens is 1. The number of fused-ring (bicyclic) bond motifs is 1. The zero-order valence-electron chi connectivity index (χ0n) is 18.9. The highest BCUT2D eigenvalue weighted by Crippen LogP contribution is 2.47. The molecule has 1 aromatic heterocycles. The number of ether oxygens (including phenoxy) is 2. The molecule has 0 spiro atoms. The standard InChI is InChI=1S/C25H31NO5/c1-6-7-12-30-20-14-19-18(24(2,3)10-11-25(19,4)5)13-17(20)23(29)31-21-9-8-16(15-26-21)22(27)28/h8-9,13-15H,6-7,10-12H2,1-5H3,(H,27,28). The molecule has 166 valence electrons. The van der Waals surface area contributed by atoms with Crippen molar-refractivity contribution in [3.05, 3.63) is 52.7 Å². The Labute approximate surface area is 183 Å². The molecule has 0 amide bonds. The Morgan fingerprint density at radius 1 is 1.06 bits per heavy atom. The predicted molar refractivity (Wildman–Crippen MR) is 118 cm³/mol. The summed E-state index contributed by atoms with van der Waals surface area (Å²) in [6.45, 7) is 11.4. The summed E-state index contributed by atoms with van der Waals surface area (Å²) in [7, 11) is 0. The van der Waals surface area contributed by atoms with Crippen molar-refractivity contribution in [2.24, 2.45) is 0 Å². The predicted octanol–water partition coefficient (Wildman–Crippen LogP) is 5.53. The van der Waals surface area contributed by atoms with E-state index in [2.05, 4.69) is 39.6 Å². The number of rotatable bonds is 7. The number of aromatic carboxylic acids is 1. The molecule has 0 bridgehead atoms. The minimum Gasteiger partial charge on any atom is -0.493 e. The lowest BCUT2D eigenvalue weighted by molar-refractivity contribution is 0.0696. The molecule has 1 aliphatic carbocycles. The van der Waals surface area contributed by atoms with Crippen molar-refractivity contribution in [1.29, 1.82) is 0 Å². The van der Waals surface area contributed by atoms with E-state index in [4.69, 9.17) is 14.6 Å². The number of benzene rings is 1. The molecule has 0 saturated carbocycles. The van der Waals surface area contributed by atoms with Crippen molar-refractivity contribution in [3.63, 3.8) is 0 Å². The summed E-state index contributed by atoms with van der Waals surface area (Å²) in [4.78, 5) is 28.0. The van der Waals surface area contributed by atoms with Crippen LogP contribution >= 0.6 is 0 Å². The molecule has 3 rings (SSSR count). The highest BCUT2D eigenvalue weighted by atomic mass is 16.5. The molecule has 0 saturated heterocycles. The van der Waals surface area contributed by atoms with Crippen molar-refractivity contribution in [1.82, 2.24) is 4.98 Å². The van der Waals surface area contributed by atoms with Crippen LogP contribution < -0.4 is 9.47 Å². The molecular formula is C25H31NO5. The van der Waals surface area contributed by atoms with Gasteiger partial charge in [-0.3, -0.25) is 0 Å². The van der Waals surface area contributed by atoms with E-state index in [1.165, 1.54) is 23.9 Å². The maximum atomic E-state index is 13.1. The van der Waals surface area contributed by atoms with Gasteiger partial charge in [-0.15, -0.1) is 0 Å². The summed E-state index contributed by atoms with van der Waals surface area (Å²) in [6.07, 6.45) is 5.13. The fraction of sp³-hybridized carbons (Fsp3) is 0.480. The van der Waals surface area contributed by atoms with E-state index >= 15 is 0 Å². The van der Waals surface area contributed by atoms with Gasteiger partial charge in [0.25, 0.3) is 0 Å². The minimum atomic E-state index is -1.09. The topological polar surface area (TPSA) is 85.7 Å². The molecule has 1 aromatic carbocycles. The lowest BCUT2D eigenvalue weighted by atomic mass is 9.63. The van der Waals surface area contributed by atoms with E-state index in [9.17, 15) is 9.59 Å². The van der Waals surface area contributed by atoms with Gasteiger partial charge >= 0.3 is 11.9 Å². The number of pyridine rings is 1. The van der Waals surface area contributed by atoms with Gasteiger partial charge < -0.3 is 14.6 Å². The Balaban J connectivity index is 2.00. The van der Waals surface area contributed by atoms with E-state index < -0.39 is 11.9 Å². The second-order valence-corrected chi connectivity index (χ2v) is 9.44. The average molecular weight is 426 g/mol. The SMILES string of the molecule is CCCCOc1cc2c(cc1C(=O)Oc1ccc(C(=O)O)cn1)C(C)(C)CCC2(C)C. The van der Waals surface area contributed by atoms with Crippen molar-refractivity contribution in [2.75, 3.05) is 6.61 Å². The van der Waals surface area contributed by atoms with Gasteiger partial charge in [-0.1, -0.05) is 41.0 Å². The second-order valence-electron chi connectivity index (χ2n) is 9.44. The monoisotopic (exact) mass is 425 g/mol. The summed E-state index contributed by atoms with van der Waals surface area (Å²) >= 11 is 0. The number of carbonyl (C=O) groups excluding carboxylic acids is 1. The van der Waals surface area contributed by atoms with Crippen LogP contribution in [0, 0.1) is 0 Å². The molecular weight excluding hydrogens is 394 g/mol. The Bertz CT molecular complexity index is 976. The van der Waals surface area contributed by atoms with Crippen LogP contribution in [0.1, 0.15) is 92.1 Å². The number of hydrogen-bond donors (Lipinski definition) is 1. The number of carboxylic acids is 1. The van der Waals surface area contributed by atoms with E-state index in [0.717, 1.165) is 31.2 Å². The molecule has 6 heteroatoms. The quantitative estimate of drug-likeness (QED) is 0.464. The number of nitrogens with zero attached hydrogens (tertiary/aromatic N) is 1. The number of carboxylic acid groups (broad SMARTS) is 1. The lowest BCUT2D eigenvalue weighted by Crippen LogP contribution is -2.34. The van der Waals surface area contributed by atoms with Crippen molar-refractivity contribution in [3.8, 4) is 11.6 Å². The van der Waals surface area contributed by atoms with Gasteiger partial charge in [0.2, 0.25) is 5.88 Å². The van der Waals surface area contributed by atoms with Crippen LogP contribution in [0.15, 0.2) is 30.5 Å². The van der Waals surface area contributed by atoms with E-state index in [-0.39, 0.29) is 22.3 Å². The van der Waals surface area contributed by atoms with Crippen molar-refractivity contribution >= 4 is 11.9 Å². The lowest BCUT2D eigenvalue weighted by Gasteiger charge is -2.42. The Morgan fingerprint density at radius 2 is 1.71 bits per heavy atom. The van der Waals surface area contributed by atoms with Gasteiger partial charge in [0.1, 0.15) is 11.3 Å². The fourth-order valence-electron chi connectivity index (χ4n) is 3.92. The summed E-state index contributed by atoms with van der Waals surface area (Å²) in [6, 6.07) is 6.65. The van der Waals surface area contributed by atoms with Crippen LogP contribution in [-0.2, 0) is 10.8 Å². The summed E-state index contributed by atoms with van der Waals surface area (Å²) < 4.78 is 11.5. The number of unbranched alkanes of at least 4 members (excludes halogenated alkanes) is 1. The molecule has 1 heterocycles. The fourth-order valence-corrected chi connectivity index (χ4v) is 3.92. The third kappa shape index (κ3) is 4.89. The summed E-state index contributed by atoms with van der Waals surface area (Å²) in [5, 5.41) is 9.01. The first-order valence-electron chi connectivity index (χ1n) is 10.8. The minimum absolute atomic E-state index is 0.00955. The first-order valence-corrected chi connectivity index (χ1v) is 10.8. The van der Waals surface area contributed by atoms with Crippen LogP contribution in [0.2, 0.25) is 0 Å². The number of carbonyl (C=O) groups is 2. The Morgan fingerprint density at radius 3 is 2.26 bits per heavy atom. The normalized spacial score (nSPS) is 16.3. The van der Waals surface area contributed by atoms with E-state index in [1.54, 1.807) is 0 Å². The van der Waals surface area contributed by atoms with Gasteiger partial charge in [-0.05, 0) is 59.4 Å². The van der Waals surface area contributed by atoms with Crippen molar-refractivity contribution in [2.45, 2.75) is 71.1 Å². The smallest absolute Gasteiger partial charge is 0.348 e. The highest BCUT2D eigenvalue weighted by molar-refractivity contribution is 5.94. The molecule has 1 aliphatic rings. The first kappa shape index (κ1) is 22.8. The van der Waals surface area contributed by atoms with E-state index in [0.29, 0.717) is 17.9 Å². The molecule has 2 aromatic rings. The maximum Gasteiger partial charge on any atom is 0.348 e. The van der Waals surface area contributed by atoms with Gasteiger partial charge in [-0.25, -0.2) is 14.6 Å². The summed E-state index contributed by atoms with van der Waals surface area (Å²) in [5.41, 5.74) is 2.66. The largest absolute Gasteiger partial charge is 0.493 e. The number of esters is 1. The molecule has 0 fully saturated rings. The second kappa shape index (κ2) is 8.69. The summed E-state index contributed by atoms with van der Waals surface area (Å²) in [5.74, 6) is -1.09. The highest BCUT2D eigenvalue weighted by Gasteiger charge is 2.38. The third-order valence-corrected chi connectivity index (χ3v) is 6.11. The van der Waals surface area contributed by atoms with Gasteiger partial charge in [0, 0.05) is 12.3 Å². The molecule has 0 unspecified atom stereocenters. The first-order chi connectivity index (χ1) is 14.5. The molecule has 0 atom stereocenters. The van der Waals surface area contributed by atoms with Gasteiger partial charge in [-0.2, -0.15) is 0 Å². The molecule has 31 heavy (non-hydrogen) atoms. The molecule has 0 aliphatic heterocycles. The van der Waals surface area contributed by atoms with Crippen LogP contribution in [0.4, 0.5) is 0 Å². The Kier molecular flexibility index (Phi) is 6.39. The van der Waals surface area contributed by atoms with Crippen molar-refractivity contribution < 1.29 is 24.2 Å². The molecule has 6 nitrogen and oxygen atoms in total. The molecule has 0 radical (unpaired) electrons. The van der Waals surface area contributed by atoms with Crippen LogP contribution in [0.3, 0.4) is 0 Å². The van der Waals surface area contributed by atoms with E-state index in [1.807, 2.05) is 12.1 Å². The van der Waals surface area contributed by atoms with Crippen LogP contribution in [0.5, 0.6) is 11.6 Å². The van der Waals surface area contributed by atoms with Gasteiger partial charge in [0.05, 0.1) is 12.2 Å². The third-order valence-electron chi connectivity index (χ3n) is 6.11. The average Bonchev–Trinajstić information content (AvgIpc) is 2.71. The zero-order valence-corrected chi connectivity index (χ0v) is 18.9. The maximum absolute atomic E-state index is 13.1. The Hall–Kier alpha value is -2.89. The molecule has 1 N–H and O–H groups in total. The number of hydrogen-bond acceptors (Lipinski definition) is 5. The van der Waals surface area contributed by atoms with Gasteiger partial charge in [0.15, 0.2) is 0 Å². The van der Waals surface area contributed by atoms with Crippen LogP contribution in [-0.4, -0.2) is 28.6 Å². The zero-order chi connectivity index (χ0) is 22.8. The van der Waals surface area contributed by atoms with Crippen LogP contribution in [0.25, 0.3) is 0 Å².